The van der Waals surface area contributed by atoms with Crippen LogP contribution in [0.15, 0.2) is 28.7 Å². The molecular formula is C12H11BrN2O2S. The van der Waals surface area contributed by atoms with Crippen LogP contribution in [0.1, 0.15) is 21.6 Å². The van der Waals surface area contributed by atoms with Gasteiger partial charge < -0.3 is 10.4 Å². The molecule has 0 unspecified atom stereocenters. The summed E-state index contributed by atoms with van der Waals surface area (Å²) in [5.74, 6) is -0.948. The SMILES string of the molecule is Cc1nsc(NCc2ccccc2Br)c1C(=O)O. The Kier molecular flexibility index (Phi) is 3.98. The van der Waals surface area contributed by atoms with E-state index in [1.807, 2.05) is 24.3 Å². The predicted octanol–water partition coefficient (Wildman–Crippen LogP) is 3.52. The number of aromatic carboxylic acids is 1. The molecule has 1 heterocycles. The standard InChI is InChI=1S/C12H11BrN2O2S/c1-7-10(12(16)17)11(18-15-7)14-6-8-4-2-3-5-9(8)13/h2-5,14H,6H2,1H3,(H,16,17). The van der Waals surface area contributed by atoms with Crippen molar-refractivity contribution in [3.05, 3.63) is 45.6 Å². The van der Waals surface area contributed by atoms with Crippen molar-refractivity contribution in [2.75, 3.05) is 5.32 Å². The lowest BCUT2D eigenvalue weighted by atomic mass is 10.2. The fraction of sp³-hybridized carbons (Fsp3) is 0.167. The van der Waals surface area contributed by atoms with Gasteiger partial charge in [0.05, 0.1) is 5.69 Å². The lowest BCUT2D eigenvalue weighted by molar-refractivity contribution is 0.0697. The highest BCUT2D eigenvalue weighted by Gasteiger charge is 2.17. The zero-order chi connectivity index (χ0) is 13.1. The van der Waals surface area contributed by atoms with Gasteiger partial charge in [0.15, 0.2) is 0 Å². The van der Waals surface area contributed by atoms with Crippen molar-refractivity contribution in [2.45, 2.75) is 13.5 Å². The molecule has 1 aromatic carbocycles. The van der Waals surface area contributed by atoms with E-state index >= 15 is 0 Å². The van der Waals surface area contributed by atoms with Crippen LogP contribution in [0.3, 0.4) is 0 Å². The van der Waals surface area contributed by atoms with Gasteiger partial charge in [-0.25, -0.2) is 4.79 Å². The molecule has 0 saturated heterocycles. The second-order valence-electron chi connectivity index (χ2n) is 3.72. The highest BCUT2D eigenvalue weighted by Crippen LogP contribution is 2.26. The number of aromatic nitrogens is 1. The summed E-state index contributed by atoms with van der Waals surface area (Å²) in [4.78, 5) is 11.1. The van der Waals surface area contributed by atoms with E-state index in [1.165, 1.54) is 11.5 Å². The predicted molar refractivity (Wildman–Crippen MR) is 75.3 cm³/mol. The third-order valence-corrected chi connectivity index (χ3v) is 4.14. The molecule has 0 amide bonds. The van der Waals surface area contributed by atoms with Crippen LogP contribution >= 0.6 is 27.5 Å². The van der Waals surface area contributed by atoms with E-state index < -0.39 is 5.97 Å². The van der Waals surface area contributed by atoms with Gasteiger partial charge in [0, 0.05) is 11.0 Å². The van der Waals surface area contributed by atoms with Crippen LogP contribution in [0, 0.1) is 6.92 Å². The second-order valence-corrected chi connectivity index (χ2v) is 5.35. The van der Waals surface area contributed by atoms with Crippen molar-refractivity contribution in [1.29, 1.82) is 0 Å². The van der Waals surface area contributed by atoms with Crippen molar-refractivity contribution in [3.8, 4) is 0 Å². The number of nitrogens with one attached hydrogen (secondary N) is 1. The minimum absolute atomic E-state index is 0.257. The van der Waals surface area contributed by atoms with Crippen molar-refractivity contribution in [2.24, 2.45) is 0 Å². The molecule has 18 heavy (non-hydrogen) atoms. The summed E-state index contributed by atoms with van der Waals surface area (Å²) in [6, 6.07) is 7.81. The first-order chi connectivity index (χ1) is 8.59. The van der Waals surface area contributed by atoms with Crippen molar-refractivity contribution >= 4 is 38.4 Å². The van der Waals surface area contributed by atoms with Crippen LogP contribution in [0.2, 0.25) is 0 Å². The minimum Gasteiger partial charge on any atom is -0.478 e. The summed E-state index contributed by atoms with van der Waals surface area (Å²) in [6.07, 6.45) is 0. The average molecular weight is 327 g/mol. The van der Waals surface area contributed by atoms with Gasteiger partial charge in [-0.2, -0.15) is 4.37 Å². The third-order valence-electron chi connectivity index (χ3n) is 2.47. The van der Waals surface area contributed by atoms with E-state index in [-0.39, 0.29) is 5.56 Å². The van der Waals surface area contributed by atoms with Crippen LogP contribution in [0.5, 0.6) is 0 Å². The molecule has 4 nitrogen and oxygen atoms in total. The topological polar surface area (TPSA) is 62.2 Å². The Morgan fingerprint density at radius 3 is 2.89 bits per heavy atom. The largest absolute Gasteiger partial charge is 0.478 e. The monoisotopic (exact) mass is 326 g/mol. The Morgan fingerprint density at radius 1 is 1.50 bits per heavy atom. The summed E-state index contributed by atoms with van der Waals surface area (Å²) in [5, 5.41) is 12.8. The average Bonchev–Trinajstić information content (AvgIpc) is 2.69. The van der Waals surface area contributed by atoms with E-state index in [4.69, 9.17) is 5.11 Å². The Hall–Kier alpha value is -1.40. The van der Waals surface area contributed by atoms with Crippen LogP contribution in [0.4, 0.5) is 5.00 Å². The fourth-order valence-corrected chi connectivity index (χ4v) is 2.77. The number of hydrogen-bond donors (Lipinski definition) is 2. The molecule has 0 atom stereocenters. The maximum absolute atomic E-state index is 11.1. The Bertz CT molecular complexity index is 583. The van der Waals surface area contributed by atoms with Crippen molar-refractivity contribution in [1.82, 2.24) is 4.37 Å². The lowest BCUT2D eigenvalue weighted by Gasteiger charge is -2.06. The molecule has 2 aromatic rings. The maximum atomic E-state index is 11.1. The number of carbonyl (C=O) groups is 1. The summed E-state index contributed by atoms with van der Waals surface area (Å²) in [5.41, 5.74) is 1.87. The molecule has 2 rings (SSSR count). The minimum atomic E-state index is -0.948. The molecule has 6 heteroatoms. The fourth-order valence-electron chi connectivity index (χ4n) is 1.56. The molecule has 0 aliphatic rings. The second kappa shape index (κ2) is 5.49. The van der Waals surface area contributed by atoms with Crippen LogP contribution in [0.25, 0.3) is 0 Å². The molecule has 0 fully saturated rings. The summed E-state index contributed by atoms with van der Waals surface area (Å²) >= 11 is 4.63. The van der Waals surface area contributed by atoms with Gasteiger partial charge in [0.1, 0.15) is 10.6 Å². The zero-order valence-electron chi connectivity index (χ0n) is 9.61. The van der Waals surface area contributed by atoms with Crippen LogP contribution in [-0.2, 0) is 6.54 Å². The third kappa shape index (κ3) is 2.70. The number of aryl methyl sites for hydroxylation is 1. The smallest absolute Gasteiger partial charge is 0.340 e. The number of hydrogen-bond acceptors (Lipinski definition) is 4. The van der Waals surface area contributed by atoms with Gasteiger partial charge in [-0.3, -0.25) is 0 Å². The number of carboxylic acid groups (broad SMARTS) is 1. The number of anilines is 1. The molecule has 94 valence electrons. The maximum Gasteiger partial charge on any atom is 0.340 e. The molecule has 0 spiro atoms. The number of halogens is 1. The lowest BCUT2D eigenvalue weighted by Crippen LogP contribution is -2.05. The molecule has 1 aromatic heterocycles. The first-order valence-corrected chi connectivity index (χ1v) is 6.83. The normalized spacial score (nSPS) is 10.3. The summed E-state index contributed by atoms with van der Waals surface area (Å²) in [7, 11) is 0. The molecule has 0 bridgehead atoms. The zero-order valence-corrected chi connectivity index (χ0v) is 12.0. The Morgan fingerprint density at radius 2 is 2.22 bits per heavy atom. The number of nitrogens with zero attached hydrogens (tertiary/aromatic N) is 1. The Balaban J connectivity index is 2.16. The number of benzene rings is 1. The molecular weight excluding hydrogens is 316 g/mol. The number of carboxylic acids is 1. The van der Waals surface area contributed by atoms with Gasteiger partial charge in [0.25, 0.3) is 0 Å². The quantitative estimate of drug-likeness (QED) is 0.902. The van der Waals surface area contributed by atoms with Crippen LogP contribution < -0.4 is 5.32 Å². The van der Waals surface area contributed by atoms with E-state index in [2.05, 4.69) is 25.6 Å². The van der Waals surface area contributed by atoms with Gasteiger partial charge in [0.2, 0.25) is 0 Å². The van der Waals surface area contributed by atoms with Gasteiger partial charge in [-0.1, -0.05) is 34.1 Å². The molecule has 0 saturated carbocycles. The molecule has 0 radical (unpaired) electrons. The molecule has 0 aliphatic carbocycles. The van der Waals surface area contributed by atoms with Gasteiger partial charge >= 0.3 is 5.97 Å². The van der Waals surface area contributed by atoms with E-state index in [0.717, 1.165) is 10.0 Å². The molecule has 0 aliphatic heterocycles. The van der Waals surface area contributed by atoms with Crippen molar-refractivity contribution in [3.63, 3.8) is 0 Å². The highest BCUT2D eigenvalue weighted by atomic mass is 79.9. The molecule has 2 N–H and O–H groups in total. The Labute approximate surface area is 117 Å². The van der Waals surface area contributed by atoms with E-state index in [1.54, 1.807) is 6.92 Å². The van der Waals surface area contributed by atoms with E-state index in [0.29, 0.717) is 17.2 Å². The highest BCUT2D eigenvalue weighted by molar-refractivity contribution is 9.10. The van der Waals surface area contributed by atoms with E-state index in [9.17, 15) is 4.79 Å². The summed E-state index contributed by atoms with van der Waals surface area (Å²) < 4.78 is 5.06. The van der Waals surface area contributed by atoms with Crippen molar-refractivity contribution < 1.29 is 9.90 Å². The van der Waals surface area contributed by atoms with Gasteiger partial charge in [-0.15, -0.1) is 0 Å². The van der Waals surface area contributed by atoms with Crippen LogP contribution in [-0.4, -0.2) is 15.4 Å². The summed E-state index contributed by atoms with van der Waals surface area (Å²) in [6.45, 7) is 2.26. The first-order valence-electron chi connectivity index (χ1n) is 5.26. The first kappa shape index (κ1) is 13.0. The number of rotatable bonds is 4. The van der Waals surface area contributed by atoms with Gasteiger partial charge in [-0.05, 0) is 30.1 Å².